The Morgan fingerprint density at radius 3 is 2.81 bits per heavy atom. The van der Waals surface area contributed by atoms with Gasteiger partial charge >= 0.3 is 0 Å². The van der Waals surface area contributed by atoms with E-state index in [0.29, 0.717) is 24.2 Å². The molecule has 0 aliphatic carbocycles. The topological polar surface area (TPSA) is 62.2 Å². The van der Waals surface area contributed by atoms with Crippen LogP contribution in [0.5, 0.6) is 11.6 Å². The molecule has 0 radical (unpaired) electrons. The molecule has 0 saturated carbocycles. The van der Waals surface area contributed by atoms with Crippen LogP contribution in [-0.2, 0) is 11.3 Å². The van der Waals surface area contributed by atoms with Crippen molar-refractivity contribution in [3.8, 4) is 11.6 Å². The van der Waals surface area contributed by atoms with E-state index in [1.54, 1.807) is 24.4 Å². The van der Waals surface area contributed by atoms with Crippen molar-refractivity contribution in [2.24, 2.45) is 4.99 Å². The minimum absolute atomic E-state index is 0. The number of morpholine rings is 1. The highest BCUT2D eigenvalue weighted by Gasteiger charge is 2.30. The SMILES string of the molecule is CN=C(NCc1ccc(Oc2cccc(F)c2)nc1)N1CCC(N2CCOCC2)C1.I. The van der Waals surface area contributed by atoms with Crippen LogP contribution in [0.4, 0.5) is 4.39 Å². The molecule has 2 fully saturated rings. The van der Waals surface area contributed by atoms with Gasteiger partial charge in [0.05, 0.1) is 13.2 Å². The number of ether oxygens (including phenoxy) is 2. The molecular weight excluding hydrogens is 512 g/mol. The number of aliphatic imine (C=N–C) groups is 1. The molecule has 4 rings (SSSR count). The maximum absolute atomic E-state index is 13.3. The fourth-order valence-electron chi connectivity index (χ4n) is 3.92. The lowest BCUT2D eigenvalue weighted by molar-refractivity contribution is 0.0195. The van der Waals surface area contributed by atoms with Gasteiger partial charge < -0.3 is 19.7 Å². The number of rotatable bonds is 5. The molecule has 2 aliphatic heterocycles. The molecule has 0 spiro atoms. The number of benzene rings is 1. The van der Waals surface area contributed by atoms with Crippen LogP contribution < -0.4 is 10.1 Å². The molecule has 9 heteroatoms. The number of pyridine rings is 1. The summed E-state index contributed by atoms with van der Waals surface area (Å²) in [5.41, 5.74) is 1.02. The summed E-state index contributed by atoms with van der Waals surface area (Å²) in [6.07, 6.45) is 2.91. The standard InChI is InChI=1S/C22H28FN5O2.HI/c1-24-22(28-8-7-19(16-28)27-9-11-29-12-10-27)26-15-17-5-6-21(25-14-17)30-20-4-2-3-18(23)13-20;/h2-6,13-14,19H,7-12,15-16H2,1H3,(H,24,26);1H. The van der Waals surface area contributed by atoms with E-state index < -0.39 is 0 Å². The number of hydrogen-bond donors (Lipinski definition) is 1. The predicted molar refractivity (Wildman–Crippen MR) is 129 cm³/mol. The zero-order valence-corrected chi connectivity index (χ0v) is 20.0. The number of guanidine groups is 1. The van der Waals surface area contributed by atoms with Crippen molar-refractivity contribution in [3.05, 3.63) is 54.0 Å². The van der Waals surface area contributed by atoms with Crippen molar-refractivity contribution in [2.45, 2.75) is 19.0 Å². The second-order valence-electron chi connectivity index (χ2n) is 7.50. The normalized spacial score (nSPS) is 19.7. The first-order chi connectivity index (χ1) is 14.7. The Bertz CT molecular complexity index is 861. The van der Waals surface area contributed by atoms with Gasteiger partial charge in [-0.1, -0.05) is 12.1 Å². The molecule has 2 saturated heterocycles. The van der Waals surface area contributed by atoms with Crippen LogP contribution in [0, 0.1) is 5.82 Å². The van der Waals surface area contributed by atoms with E-state index in [9.17, 15) is 4.39 Å². The van der Waals surface area contributed by atoms with Gasteiger partial charge in [0, 0.05) is 64.1 Å². The van der Waals surface area contributed by atoms with E-state index in [2.05, 4.69) is 25.1 Å². The molecule has 1 aromatic carbocycles. The van der Waals surface area contributed by atoms with Crippen LogP contribution in [0.2, 0.25) is 0 Å². The Morgan fingerprint density at radius 1 is 1.26 bits per heavy atom. The molecule has 0 amide bonds. The lowest BCUT2D eigenvalue weighted by atomic mass is 10.2. The summed E-state index contributed by atoms with van der Waals surface area (Å²) in [5.74, 6) is 1.43. The molecule has 1 atom stereocenters. The number of hydrogen-bond acceptors (Lipinski definition) is 5. The monoisotopic (exact) mass is 541 g/mol. The first-order valence-corrected chi connectivity index (χ1v) is 10.4. The lowest BCUT2D eigenvalue weighted by Crippen LogP contribution is -2.46. The summed E-state index contributed by atoms with van der Waals surface area (Å²) in [6, 6.07) is 10.3. The Morgan fingerprint density at radius 2 is 2.10 bits per heavy atom. The van der Waals surface area contributed by atoms with Crippen molar-refractivity contribution in [3.63, 3.8) is 0 Å². The number of likely N-dealkylation sites (tertiary alicyclic amines) is 1. The van der Waals surface area contributed by atoms with Crippen LogP contribution in [0.1, 0.15) is 12.0 Å². The highest BCUT2D eigenvalue weighted by Crippen LogP contribution is 2.20. The minimum Gasteiger partial charge on any atom is -0.439 e. The average Bonchev–Trinajstić information content (AvgIpc) is 3.26. The van der Waals surface area contributed by atoms with Crippen molar-refractivity contribution in [2.75, 3.05) is 46.4 Å². The van der Waals surface area contributed by atoms with Crippen molar-refractivity contribution in [1.82, 2.24) is 20.1 Å². The predicted octanol–water partition coefficient (Wildman–Crippen LogP) is 3.11. The third-order valence-electron chi connectivity index (χ3n) is 5.50. The molecule has 3 heterocycles. The average molecular weight is 541 g/mol. The molecule has 7 nitrogen and oxygen atoms in total. The molecule has 31 heavy (non-hydrogen) atoms. The van der Waals surface area contributed by atoms with Crippen LogP contribution in [0.3, 0.4) is 0 Å². The van der Waals surface area contributed by atoms with E-state index in [0.717, 1.165) is 57.3 Å². The van der Waals surface area contributed by atoms with Crippen LogP contribution in [-0.4, -0.2) is 73.2 Å². The van der Waals surface area contributed by atoms with Gasteiger partial charge in [-0.25, -0.2) is 9.37 Å². The fourth-order valence-corrected chi connectivity index (χ4v) is 3.92. The van der Waals surface area contributed by atoms with Crippen LogP contribution in [0.15, 0.2) is 47.6 Å². The Hall–Kier alpha value is -1.98. The van der Waals surface area contributed by atoms with Crippen LogP contribution in [0.25, 0.3) is 0 Å². The van der Waals surface area contributed by atoms with Gasteiger partial charge in [0.25, 0.3) is 0 Å². The Kier molecular flexibility index (Phi) is 8.85. The van der Waals surface area contributed by atoms with Crippen molar-refractivity contribution < 1.29 is 13.9 Å². The zero-order valence-electron chi connectivity index (χ0n) is 17.7. The first kappa shape index (κ1) is 23.7. The molecule has 168 valence electrons. The largest absolute Gasteiger partial charge is 0.439 e. The quantitative estimate of drug-likeness (QED) is 0.357. The second kappa shape index (κ2) is 11.6. The number of nitrogens with zero attached hydrogens (tertiary/aromatic N) is 4. The second-order valence-corrected chi connectivity index (χ2v) is 7.50. The maximum atomic E-state index is 13.3. The summed E-state index contributed by atoms with van der Waals surface area (Å²) in [4.78, 5) is 13.6. The minimum atomic E-state index is -0.336. The highest BCUT2D eigenvalue weighted by molar-refractivity contribution is 14.0. The van der Waals surface area contributed by atoms with Gasteiger partial charge in [0.15, 0.2) is 5.96 Å². The van der Waals surface area contributed by atoms with Gasteiger partial charge in [-0.15, -0.1) is 24.0 Å². The van der Waals surface area contributed by atoms with Gasteiger partial charge in [0.2, 0.25) is 5.88 Å². The summed E-state index contributed by atoms with van der Waals surface area (Å²) < 4.78 is 24.3. The smallest absolute Gasteiger partial charge is 0.219 e. The van der Waals surface area contributed by atoms with Gasteiger partial charge in [0.1, 0.15) is 11.6 Å². The van der Waals surface area contributed by atoms with E-state index in [1.807, 2.05) is 13.1 Å². The van der Waals surface area contributed by atoms with E-state index >= 15 is 0 Å². The van der Waals surface area contributed by atoms with E-state index in [4.69, 9.17) is 9.47 Å². The van der Waals surface area contributed by atoms with Crippen LogP contribution >= 0.6 is 24.0 Å². The third kappa shape index (κ3) is 6.50. The van der Waals surface area contributed by atoms with E-state index in [1.165, 1.54) is 12.1 Å². The summed E-state index contributed by atoms with van der Waals surface area (Å²) in [6.45, 7) is 6.29. The Balaban J connectivity index is 0.00000272. The number of aromatic nitrogens is 1. The van der Waals surface area contributed by atoms with Gasteiger partial charge in [-0.2, -0.15) is 0 Å². The third-order valence-corrected chi connectivity index (χ3v) is 5.50. The molecular formula is C22H29FIN5O2. The van der Waals surface area contributed by atoms with Gasteiger partial charge in [-0.05, 0) is 24.1 Å². The number of halogens is 2. The summed E-state index contributed by atoms with van der Waals surface area (Å²) in [7, 11) is 1.82. The molecule has 2 aliphatic rings. The van der Waals surface area contributed by atoms with Crippen molar-refractivity contribution in [1.29, 1.82) is 0 Å². The lowest BCUT2D eigenvalue weighted by Gasteiger charge is -2.32. The molecule has 1 N–H and O–H groups in total. The first-order valence-electron chi connectivity index (χ1n) is 10.4. The fraction of sp³-hybridized carbons (Fsp3) is 0.455. The summed E-state index contributed by atoms with van der Waals surface area (Å²) in [5, 5.41) is 3.43. The van der Waals surface area contributed by atoms with E-state index in [-0.39, 0.29) is 29.8 Å². The molecule has 1 aromatic heterocycles. The highest BCUT2D eigenvalue weighted by atomic mass is 127. The Labute approximate surface area is 199 Å². The molecule has 0 bridgehead atoms. The zero-order chi connectivity index (χ0) is 20.8. The number of nitrogens with one attached hydrogen (secondary N) is 1. The van der Waals surface area contributed by atoms with Crippen molar-refractivity contribution >= 4 is 29.9 Å². The summed E-state index contributed by atoms with van der Waals surface area (Å²) >= 11 is 0. The van der Waals surface area contributed by atoms with Gasteiger partial charge in [-0.3, -0.25) is 9.89 Å². The molecule has 2 aromatic rings. The molecule has 1 unspecified atom stereocenters. The maximum Gasteiger partial charge on any atom is 0.219 e.